The van der Waals surface area contributed by atoms with Crippen LogP contribution in [0.1, 0.15) is 32.5 Å². The zero-order valence-corrected chi connectivity index (χ0v) is 16.4. The van der Waals surface area contributed by atoms with E-state index >= 15 is 0 Å². The first kappa shape index (κ1) is 19.1. The second-order valence-electron chi connectivity index (χ2n) is 6.63. The molecule has 1 atom stereocenters. The van der Waals surface area contributed by atoms with Gasteiger partial charge in [-0.25, -0.2) is 9.18 Å². The molecule has 4 rings (SSSR count). The number of ketones is 1. The molecule has 29 heavy (non-hydrogen) atoms. The smallest absolute Gasteiger partial charge is 0.349 e. The lowest BCUT2D eigenvalue weighted by Crippen LogP contribution is -2.27. The van der Waals surface area contributed by atoms with E-state index in [1.54, 1.807) is 31.2 Å². The van der Waals surface area contributed by atoms with Crippen molar-refractivity contribution < 1.29 is 28.2 Å². The zero-order valence-electron chi connectivity index (χ0n) is 15.6. The number of thiophene rings is 1. The lowest BCUT2D eigenvalue weighted by Gasteiger charge is -2.19. The molecule has 0 bridgehead atoms. The number of fused-ring (bicyclic) bond motifs is 2. The highest BCUT2D eigenvalue weighted by Gasteiger charge is 2.26. The van der Waals surface area contributed by atoms with E-state index in [0.717, 1.165) is 11.3 Å². The molecule has 148 valence electrons. The minimum absolute atomic E-state index is 0.0799. The molecule has 0 radical (unpaired) electrons. The van der Waals surface area contributed by atoms with E-state index in [4.69, 9.17) is 9.47 Å². The van der Waals surface area contributed by atoms with Gasteiger partial charge in [0.1, 0.15) is 16.4 Å². The van der Waals surface area contributed by atoms with Gasteiger partial charge in [-0.15, -0.1) is 11.3 Å². The number of nitrogens with one attached hydrogen (secondary N) is 1. The van der Waals surface area contributed by atoms with E-state index in [9.17, 15) is 18.8 Å². The molecule has 8 heteroatoms. The van der Waals surface area contributed by atoms with Gasteiger partial charge >= 0.3 is 5.97 Å². The molecule has 6 nitrogen and oxygen atoms in total. The Balaban J connectivity index is 1.54. The van der Waals surface area contributed by atoms with Crippen molar-refractivity contribution in [2.24, 2.45) is 0 Å². The minimum atomic E-state index is -1.06. The van der Waals surface area contributed by atoms with Crippen molar-refractivity contribution in [3.8, 4) is 5.75 Å². The number of hydrogen-bond donors (Lipinski definition) is 1. The fourth-order valence-electron chi connectivity index (χ4n) is 3.19. The van der Waals surface area contributed by atoms with Gasteiger partial charge in [0.05, 0.1) is 5.69 Å². The van der Waals surface area contributed by atoms with Crippen LogP contribution < -0.4 is 10.1 Å². The Hall–Kier alpha value is -3.26. The van der Waals surface area contributed by atoms with Gasteiger partial charge in [0, 0.05) is 15.6 Å². The highest BCUT2D eigenvalue weighted by molar-refractivity contribution is 7.21. The summed E-state index contributed by atoms with van der Waals surface area (Å²) in [7, 11) is 0. The summed E-state index contributed by atoms with van der Waals surface area (Å²) < 4.78 is 25.3. The molecule has 0 spiro atoms. The number of hydrogen-bond acceptors (Lipinski definition) is 6. The molecule has 2 heterocycles. The monoisotopic (exact) mass is 413 g/mol. The Morgan fingerprint density at radius 3 is 2.83 bits per heavy atom. The second-order valence-corrected chi connectivity index (χ2v) is 7.68. The van der Waals surface area contributed by atoms with Gasteiger partial charge in [0.15, 0.2) is 12.7 Å². The average Bonchev–Trinajstić information content (AvgIpc) is 3.04. The van der Waals surface area contributed by atoms with E-state index in [2.05, 4.69) is 5.32 Å². The van der Waals surface area contributed by atoms with Crippen LogP contribution in [0.5, 0.6) is 5.75 Å². The molecule has 0 aliphatic carbocycles. The Morgan fingerprint density at radius 1 is 1.28 bits per heavy atom. The van der Waals surface area contributed by atoms with Crippen molar-refractivity contribution in [2.45, 2.75) is 20.0 Å². The Morgan fingerprint density at radius 2 is 2.07 bits per heavy atom. The fourth-order valence-corrected chi connectivity index (χ4v) is 4.29. The molecule has 0 saturated carbocycles. The van der Waals surface area contributed by atoms with Crippen LogP contribution in [0.2, 0.25) is 0 Å². The largest absolute Gasteiger partial charge is 0.482 e. The van der Waals surface area contributed by atoms with E-state index in [1.807, 2.05) is 0 Å². The summed E-state index contributed by atoms with van der Waals surface area (Å²) in [4.78, 5) is 37.0. The molecule has 1 N–H and O–H groups in total. The number of esters is 1. The third-order valence-corrected chi connectivity index (χ3v) is 5.88. The van der Waals surface area contributed by atoms with Crippen LogP contribution in [0.3, 0.4) is 0 Å². The molecule has 0 saturated heterocycles. The van der Waals surface area contributed by atoms with Gasteiger partial charge in [0.2, 0.25) is 5.78 Å². The van der Waals surface area contributed by atoms with E-state index in [1.165, 1.54) is 19.1 Å². The van der Waals surface area contributed by atoms with Crippen molar-refractivity contribution in [3.63, 3.8) is 0 Å². The van der Waals surface area contributed by atoms with Crippen LogP contribution in [0.15, 0.2) is 36.4 Å². The number of ether oxygens (including phenoxy) is 2. The van der Waals surface area contributed by atoms with Crippen molar-refractivity contribution >= 4 is 44.8 Å². The lowest BCUT2D eigenvalue weighted by molar-refractivity contribution is -0.118. The summed E-state index contributed by atoms with van der Waals surface area (Å²) >= 11 is 1.12. The van der Waals surface area contributed by atoms with Gasteiger partial charge in [-0.2, -0.15) is 0 Å². The standard InChI is InChI=1S/C21H16FNO5S/c1-10-18-13(22)4-3-5-16(18)29-20(10)21(26)28-11(2)19(25)12-6-7-15-14(8-12)23-17(24)9-27-15/h3-8,11H,9H2,1-2H3,(H,23,24)/t11-/m1/s1. The first-order valence-corrected chi connectivity index (χ1v) is 9.66. The summed E-state index contributed by atoms with van der Waals surface area (Å²) in [5.41, 5.74) is 1.15. The minimum Gasteiger partial charge on any atom is -0.482 e. The number of halogens is 1. The maximum absolute atomic E-state index is 14.1. The topological polar surface area (TPSA) is 81.7 Å². The van der Waals surface area contributed by atoms with Crippen LogP contribution in [-0.4, -0.2) is 30.4 Å². The summed E-state index contributed by atoms with van der Waals surface area (Å²) in [6.07, 6.45) is -1.06. The molecule has 1 aliphatic heterocycles. The molecule has 1 amide bonds. The molecular weight excluding hydrogens is 397 g/mol. The summed E-state index contributed by atoms with van der Waals surface area (Å²) in [5, 5.41) is 3.01. The normalized spacial score (nSPS) is 14.0. The highest BCUT2D eigenvalue weighted by Crippen LogP contribution is 2.33. The first-order chi connectivity index (χ1) is 13.8. The molecule has 1 aliphatic rings. The van der Waals surface area contributed by atoms with Crippen LogP contribution >= 0.6 is 11.3 Å². The summed E-state index contributed by atoms with van der Waals surface area (Å²) in [6, 6.07) is 9.25. The molecule has 3 aromatic rings. The first-order valence-electron chi connectivity index (χ1n) is 8.84. The fraction of sp³-hybridized carbons (Fsp3) is 0.190. The van der Waals surface area contributed by atoms with Gasteiger partial charge in [0.25, 0.3) is 5.91 Å². The van der Waals surface area contributed by atoms with Gasteiger partial charge in [-0.3, -0.25) is 9.59 Å². The number of amides is 1. The third-order valence-electron chi connectivity index (χ3n) is 4.64. The number of benzene rings is 2. The third kappa shape index (κ3) is 3.47. The predicted octanol–water partition coefficient (Wildman–Crippen LogP) is 4.11. The average molecular weight is 413 g/mol. The number of carbonyl (C=O) groups excluding carboxylic acids is 3. The summed E-state index contributed by atoms with van der Waals surface area (Å²) in [5.74, 6) is -1.36. The highest BCUT2D eigenvalue weighted by atomic mass is 32.1. The van der Waals surface area contributed by atoms with Crippen molar-refractivity contribution in [1.82, 2.24) is 0 Å². The van der Waals surface area contributed by atoms with E-state index in [-0.39, 0.29) is 23.0 Å². The predicted molar refractivity (Wildman–Crippen MR) is 106 cm³/mol. The molecule has 0 unspecified atom stereocenters. The summed E-state index contributed by atoms with van der Waals surface area (Å²) in [6.45, 7) is 3.04. The second kappa shape index (κ2) is 7.29. The van der Waals surface area contributed by atoms with Gasteiger partial charge < -0.3 is 14.8 Å². The maximum atomic E-state index is 14.1. The number of carbonyl (C=O) groups is 3. The van der Waals surface area contributed by atoms with Crippen molar-refractivity contribution in [2.75, 3.05) is 11.9 Å². The zero-order chi connectivity index (χ0) is 20.7. The lowest BCUT2D eigenvalue weighted by atomic mass is 10.1. The Bertz CT molecular complexity index is 1170. The molecule has 2 aromatic carbocycles. The number of aryl methyl sites for hydroxylation is 1. The number of anilines is 1. The molecule has 0 fully saturated rings. The maximum Gasteiger partial charge on any atom is 0.349 e. The van der Waals surface area contributed by atoms with Gasteiger partial charge in [-0.05, 0) is 49.7 Å². The van der Waals surface area contributed by atoms with Gasteiger partial charge in [-0.1, -0.05) is 6.07 Å². The molecular formula is C21H16FNO5S. The van der Waals surface area contributed by atoms with E-state index in [0.29, 0.717) is 27.1 Å². The Labute approximate surface area is 169 Å². The number of rotatable bonds is 4. The molecule has 1 aromatic heterocycles. The number of Topliss-reactive ketones (excluding diaryl/α,β-unsaturated/α-hetero) is 1. The van der Waals surface area contributed by atoms with Crippen molar-refractivity contribution in [3.05, 3.63) is 58.2 Å². The SMILES string of the molecule is Cc1c(C(=O)O[C@H](C)C(=O)c2ccc3c(c2)NC(=O)CO3)sc2cccc(F)c12. The van der Waals surface area contributed by atoms with Crippen LogP contribution in [0.25, 0.3) is 10.1 Å². The van der Waals surface area contributed by atoms with E-state index < -0.39 is 23.7 Å². The van der Waals surface area contributed by atoms with Crippen LogP contribution in [0, 0.1) is 12.7 Å². The Kier molecular flexibility index (Phi) is 4.79. The quantitative estimate of drug-likeness (QED) is 0.514. The van der Waals surface area contributed by atoms with Crippen molar-refractivity contribution in [1.29, 1.82) is 0 Å². The van der Waals surface area contributed by atoms with Crippen LogP contribution in [0.4, 0.5) is 10.1 Å². The van der Waals surface area contributed by atoms with Crippen LogP contribution in [-0.2, 0) is 9.53 Å².